The largest absolute Gasteiger partial charge is 0.337 e. The average Bonchev–Trinajstić information content (AvgIpc) is 3.12. The van der Waals surface area contributed by atoms with Crippen LogP contribution in [0.1, 0.15) is 47.8 Å². The summed E-state index contributed by atoms with van der Waals surface area (Å²) in [6, 6.07) is 6.10. The van der Waals surface area contributed by atoms with Gasteiger partial charge in [0.05, 0.1) is 0 Å². The zero-order chi connectivity index (χ0) is 20.1. The van der Waals surface area contributed by atoms with E-state index in [-0.39, 0.29) is 11.9 Å². The van der Waals surface area contributed by atoms with E-state index in [1.807, 2.05) is 4.90 Å². The molecule has 5 nitrogen and oxygen atoms in total. The first-order chi connectivity index (χ1) is 14.0. The number of hydrogen-bond acceptors (Lipinski definition) is 3. The molecule has 3 aliphatic rings. The molecule has 154 valence electrons. The van der Waals surface area contributed by atoms with E-state index in [9.17, 15) is 13.6 Å². The van der Waals surface area contributed by atoms with Gasteiger partial charge >= 0.3 is 0 Å². The molecule has 2 aromatic rings. The molecule has 1 amide bonds. The molecule has 3 fully saturated rings. The van der Waals surface area contributed by atoms with E-state index in [2.05, 4.69) is 10.00 Å². The first-order valence-corrected chi connectivity index (χ1v) is 10.5. The number of rotatable bonds is 2. The Bertz CT molecular complexity index is 909. The molecule has 5 rings (SSSR count). The molecule has 0 aliphatic carbocycles. The van der Waals surface area contributed by atoms with E-state index in [1.54, 1.807) is 24.0 Å². The van der Waals surface area contributed by atoms with Gasteiger partial charge in [-0.3, -0.25) is 14.4 Å². The summed E-state index contributed by atoms with van der Waals surface area (Å²) in [5, 5.41) is 4.13. The van der Waals surface area contributed by atoms with Crippen LogP contribution in [0.15, 0.2) is 30.5 Å². The smallest absolute Gasteiger partial charge is 0.272 e. The minimum absolute atomic E-state index is 0.0488. The Kier molecular flexibility index (Phi) is 4.65. The van der Waals surface area contributed by atoms with Crippen LogP contribution in [0.4, 0.5) is 8.78 Å². The quantitative estimate of drug-likeness (QED) is 0.776. The Labute approximate surface area is 169 Å². The van der Waals surface area contributed by atoms with Crippen LogP contribution in [-0.2, 0) is 7.05 Å². The lowest BCUT2D eigenvalue weighted by Crippen LogP contribution is -2.60. The zero-order valence-corrected chi connectivity index (χ0v) is 16.6. The van der Waals surface area contributed by atoms with Gasteiger partial charge in [0.25, 0.3) is 5.91 Å². The number of aryl methyl sites for hydroxylation is 1. The predicted molar refractivity (Wildman–Crippen MR) is 104 cm³/mol. The van der Waals surface area contributed by atoms with Crippen molar-refractivity contribution < 1.29 is 13.6 Å². The van der Waals surface area contributed by atoms with Gasteiger partial charge in [-0.05, 0) is 61.3 Å². The molecule has 0 radical (unpaired) electrons. The highest BCUT2D eigenvalue weighted by molar-refractivity contribution is 5.92. The minimum atomic E-state index is -0.507. The SMILES string of the molecule is Cn1nccc1C(=O)N1C[C@@H]2C[C@H](C1)[C@@H]1CCC[C@H](c3cc(F)cc(F)c3)N1C2. The van der Waals surface area contributed by atoms with Crippen molar-refractivity contribution in [3.63, 3.8) is 0 Å². The highest BCUT2D eigenvalue weighted by atomic mass is 19.1. The summed E-state index contributed by atoms with van der Waals surface area (Å²) >= 11 is 0. The van der Waals surface area contributed by atoms with Crippen LogP contribution in [-0.4, -0.2) is 51.2 Å². The number of carbonyl (C=O) groups is 1. The molecule has 0 saturated carbocycles. The molecule has 1 aromatic carbocycles. The van der Waals surface area contributed by atoms with E-state index in [4.69, 9.17) is 0 Å². The summed E-state index contributed by atoms with van der Waals surface area (Å²) in [5.74, 6) is -0.172. The van der Waals surface area contributed by atoms with Crippen LogP contribution in [0.5, 0.6) is 0 Å². The minimum Gasteiger partial charge on any atom is -0.337 e. The monoisotopic (exact) mass is 400 g/mol. The van der Waals surface area contributed by atoms with E-state index in [1.165, 1.54) is 12.1 Å². The molecule has 0 N–H and O–H groups in total. The van der Waals surface area contributed by atoms with Crippen molar-refractivity contribution in [1.29, 1.82) is 0 Å². The van der Waals surface area contributed by atoms with E-state index in [0.717, 1.165) is 56.9 Å². The van der Waals surface area contributed by atoms with Gasteiger partial charge in [0.1, 0.15) is 17.3 Å². The Morgan fingerprint density at radius 2 is 1.90 bits per heavy atom. The van der Waals surface area contributed by atoms with Gasteiger partial charge in [-0.2, -0.15) is 5.10 Å². The summed E-state index contributed by atoms with van der Waals surface area (Å²) in [6.45, 7) is 2.35. The second-order valence-corrected chi connectivity index (χ2v) is 8.83. The highest BCUT2D eigenvalue weighted by Gasteiger charge is 2.46. The lowest BCUT2D eigenvalue weighted by molar-refractivity contribution is -0.0514. The Morgan fingerprint density at radius 3 is 2.62 bits per heavy atom. The third kappa shape index (κ3) is 3.35. The molecule has 1 aromatic heterocycles. The first-order valence-electron chi connectivity index (χ1n) is 10.5. The summed E-state index contributed by atoms with van der Waals surface area (Å²) < 4.78 is 29.3. The van der Waals surface area contributed by atoms with Gasteiger partial charge in [0.15, 0.2) is 0 Å². The third-order valence-electron chi connectivity index (χ3n) is 6.98. The second kappa shape index (κ2) is 7.20. The number of carbonyl (C=O) groups excluding carboxylic acids is 1. The van der Waals surface area contributed by atoms with Gasteiger partial charge in [0, 0.05) is 51.0 Å². The zero-order valence-electron chi connectivity index (χ0n) is 16.6. The standard InChI is InChI=1S/C22H26F2N4O/c1-26-21(5-6-25-26)22(29)27-11-14-7-16(13-27)20-4-2-3-19(28(20)12-14)15-8-17(23)10-18(24)9-15/h5-6,8-10,14,16,19-20H,2-4,7,11-13H2,1H3/t14-,16+,19+,20-/m0/s1. The number of likely N-dealkylation sites (tertiary alicyclic amines) is 1. The molecule has 3 aliphatic heterocycles. The van der Waals surface area contributed by atoms with Crippen molar-refractivity contribution in [3.8, 4) is 0 Å². The van der Waals surface area contributed by atoms with E-state index in [0.29, 0.717) is 23.6 Å². The molecule has 29 heavy (non-hydrogen) atoms. The summed E-state index contributed by atoms with van der Waals surface area (Å²) in [5.41, 5.74) is 1.37. The lowest BCUT2D eigenvalue weighted by atomic mass is 9.74. The fourth-order valence-corrected chi connectivity index (χ4v) is 5.85. The van der Waals surface area contributed by atoms with Crippen molar-refractivity contribution in [2.45, 2.75) is 37.8 Å². The first kappa shape index (κ1) is 18.7. The van der Waals surface area contributed by atoms with Crippen molar-refractivity contribution in [2.75, 3.05) is 19.6 Å². The Hall–Kier alpha value is -2.28. The van der Waals surface area contributed by atoms with Crippen LogP contribution in [0, 0.1) is 23.5 Å². The van der Waals surface area contributed by atoms with Gasteiger partial charge in [-0.15, -0.1) is 0 Å². The maximum Gasteiger partial charge on any atom is 0.272 e. The number of halogens is 2. The normalized spacial score (nSPS) is 29.6. The van der Waals surface area contributed by atoms with Crippen molar-refractivity contribution >= 4 is 5.91 Å². The van der Waals surface area contributed by atoms with Crippen molar-refractivity contribution in [1.82, 2.24) is 19.6 Å². The van der Waals surface area contributed by atoms with Crippen LogP contribution >= 0.6 is 0 Å². The number of nitrogens with zero attached hydrogens (tertiary/aromatic N) is 4. The Balaban J connectivity index is 1.38. The molecule has 3 saturated heterocycles. The molecule has 7 heteroatoms. The van der Waals surface area contributed by atoms with Crippen LogP contribution in [0.2, 0.25) is 0 Å². The van der Waals surface area contributed by atoms with E-state index >= 15 is 0 Å². The third-order valence-corrected chi connectivity index (χ3v) is 6.98. The summed E-state index contributed by atoms with van der Waals surface area (Å²) in [6.07, 6.45) is 5.83. The topological polar surface area (TPSA) is 41.4 Å². The van der Waals surface area contributed by atoms with Gasteiger partial charge in [-0.1, -0.05) is 0 Å². The van der Waals surface area contributed by atoms with Gasteiger partial charge < -0.3 is 4.90 Å². The van der Waals surface area contributed by atoms with Crippen LogP contribution in [0.25, 0.3) is 0 Å². The molecule has 4 atom stereocenters. The molecule has 2 bridgehead atoms. The summed E-state index contributed by atoms with van der Waals surface area (Å²) in [7, 11) is 1.80. The fourth-order valence-electron chi connectivity index (χ4n) is 5.85. The predicted octanol–water partition coefficient (Wildman–Crippen LogP) is 3.39. The fraction of sp³-hybridized carbons (Fsp3) is 0.545. The number of piperidine rings is 3. The number of amides is 1. The number of benzene rings is 1. The van der Waals surface area contributed by atoms with Crippen molar-refractivity contribution in [2.24, 2.45) is 18.9 Å². The van der Waals surface area contributed by atoms with E-state index < -0.39 is 11.6 Å². The Morgan fingerprint density at radius 1 is 1.10 bits per heavy atom. The maximum atomic E-state index is 13.8. The molecule has 0 unspecified atom stereocenters. The van der Waals surface area contributed by atoms with Crippen molar-refractivity contribution in [3.05, 3.63) is 53.4 Å². The number of aromatic nitrogens is 2. The summed E-state index contributed by atoms with van der Waals surface area (Å²) in [4.78, 5) is 17.5. The molecular weight excluding hydrogens is 374 g/mol. The van der Waals surface area contributed by atoms with Crippen LogP contribution in [0.3, 0.4) is 0 Å². The number of hydrogen-bond donors (Lipinski definition) is 0. The molecule has 0 spiro atoms. The van der Waals surface area contributed by atoms with Crippen LogP contribution < -0.4 is 0 Å². The number of fused-ring (bicyclic) bond motifs is 4. The lowest BCUT2D eigenvalue weighted by Gasteiger charge is -2.55. The molecule has 4 heterocycles. The molecular formula is C22H26F2N4O. The average molecular weight is 400 g/mol. The highest BCUT2D eigenvalue weighted by Crippen LogP contribution is 2.44. The van der Waals surface area contributed by atoms with Gasteiger partial charge in [-0.25, -0.2) is 8.78 Å². The second-order valence-electron chi connectivity index (χ2n) is 8.83. The maximum absolute atomic E-state index is 13.8. The van der Waals surface area contributed by atoms with Gasteiger partial charge in [0.2, 0.25) is 0 Å².